The summed E-state index contributed by atoms with van der Waals surface area (Å²) in [6.45, 7) is 3.04. The van der Waals surface area contributed by atoms with Crippen LogP contribution in [-0.2, 0) is 0 Å². The van der Waals surface area contributed by atoms with E-state index in [4.69, 9.17) is 0 Å². The lowest BCUT2D eigenvalue weighted by Crippen LogP contribution is -2.41. The molecule has 12 heavy (non-hydrogen) atoms. The predicted octanol–water partition coefficient (Wildman–Crippen LogP) is -0.0352. The van der Waals surface area contributed by atoms with Crippen molar-refractivity contribution in [2.45, 2.75) is 50.5 Å². The highest BCUT2D eigenvalue weighted by Gasteiger charge is 2.45. The maximum Gasteiger partial charge on any atom is 0.0969 e. The fourth-order valence-electron chi connectivity index (χ4n) is 2.56. The first-order valence-corrected chi connectivity index (χ1v) is 4.83. The molecule has 0 radical (unpaired) electrons. The average molecular weight is 171 g/mol. The van der Waals surface area contributed by atoms with Crippen LogP contribution in [-0.4, -0.2) is 45.9 Å². The topological polar surface area (TPSA) is 43.7 Å². The second kappa shape index (κ2) is 2.98. The zero-order valence-electron chi connectivity index (χ0n) is 7.48. The molecule has 4 atom stereocenters. The van der Waals surface area contributed by atoms with Crippen molar-refractivity contribution in [1.82, 2.24) is 4.90 Å². The molecule has 2 aliphatic rings. The lowest BCUT2D eigenvalue weighted by atomic mass is 10.0. The summed E-state index contributed by atoms with van der Waals surface area (Å²) in [5.74, 6) is 0. The normalized spacial score (nSPS) is 49.2. The van der Waals surface area contributed by atoms with Gasteiger partial charge in [-0.15, -0.1) is 0 Å². The lowest BCUT2D eigenvalue weighted by Gasteiger charge is -2.32. The van der Waals surface area contributed by atoms with Gasteiger partial charge in [-0.25, -0.2) is 0 Å². The molecule has 70 valence electrons. The molecule has 2 rings (SSSR count). The minimum Gasteiger partial charge on any atom is -0.389 e. The van der Waals surface area contributed by atoms with Crippen molar-refractivity contribution in [2.24, 2.45) is 0 Å². The number of nitrogens with zero attached hydrogens (tertiary/aromatic N) is 1. The van der Waals surface area contributed by atoms with Crippen molar-refractivity contribution in [3.63, 3.8) is 0 Å². The van der Waals surface area contributed by atoms with Crippen LogP contribution in [0.1, 0.15) is 26.2 Å². The van der Waals surface area contributed by atoms with Crippen molar-refractivity contribution in [3.05, 3.63) is 0 Å². The average Bonchev–Trinajstić information content (AvgIpc) is 2.33. The lowest BCUT2D eigenvalue weighted by molar-refractivity contribution is 0.0275. The monoisotopic (exact) mass is 171 g/mol. The van der Waals surface area contributed by atoms with Gasteiger partial charge in [-0.2, -0.15) is 0 Å². The van der Waals surface area contributed by atoms with Gasteiger partial charge < -0.3 is 10.2 Å². The summed E-state index contributed by atoms with van der Waals surface area (Å²) in [6.07, 6.45) is 2.40. The van der Waals surface area contributed by atoms with Crippen molar-refractivity contribution in [2.75, 3.05) is 6.54 Å². The molecule has 0 spiro atoms. The third-order valence-corrected chi connectivity index (χ3v) is 3.35. The summed E-state index contributed by atoms with van der Waals surface area (Å²) in [5.41, 5.74) is 0. The van der Waals surface area contributed by atoms with E-state index < -0.39 is 12.2 Å². The molecular weight excluding hydrogens is 154 g/mol. The first kappa shape index (κ1) is 8.48. The smallest absolute Gasteiger partial charge is 0.0969 e. The van der Waals surface area contributed by atoms with Crippen LogP contribution in [0.4, 0.5) is 0 Å². The summed E-state index contributed by atoms with van der Waals surface area (Å²) in [6, 6.07) is 0.369. The summed E-state index contributed by atoms with van der Waals surface area (Å²) >= 11 is 0. The Bertz CT molecular complexity index is 156. The number of rotatable bonds is 0. The number of hydrogen-bond donors (Lipinski definition) is 2. The molecule has 0 unspecified atom stereocenters. The standard InChI is InChI=1S/C9H17NO2/c1-6-8(11)9(12)7-4-2-3-5-10(6)7/h6-9,11-12H,2-5H2,1H3/t6-,7-,8-,9+/m1/s1. The van der Waals surface area contributed by atoms with Gasteiger partial charge in [-0.3, -0.25) is 4.90 Å². The highest BCUT2D eigenvalue weighted by atomic mass is 16.3. The maximum absolute atomic E-state index is 9.67. The van der Waals surface area contributed by atoms with E-state index >= 15 is 0 Å². The van der Waals surface area contributed by atoms with Crippen molar-refractivity contribution >= 4 is 0 Å². The Kier molecular flexibility index (Phi) is 2.10. The van der Waals surface area contributed by atoms with Crippen LogP contribution in [0.2, 0.25) is 0 Å². The zero-order valence-corrected chi connectivity index (χ0v) is 7.48. The third kappa shape index (κ3) is 1.08. The second-order valence-corrected chi connectivity index (χ2v) is 4.02. The van der Waals surface area contributed by atoms with Crippen LogP contribution >= 0.6 is 0 Å². The van der Waals surface area contributed by atoms with Gasteiger partial charge in [0.2, 0.25) is 0 Å². The van der Waals surface area contributed by atoms with Gasteiger partial charge in [0.1, 0.15) is 0 Å². The van der Waals surface area contributed by atoms with Crippen LogP contribution in [0.5, 0.6) is 0 Å². The fraction of sp³-hybridized carbons (Fsp3) is 1.00. The van der Waals surface area contributed by atoms with E-state index in [9.17, 15) is 10.2 Å². The van der Waals surface area contributed by atoms with Gasteiger partial charge in [0.15, 0.2) is 0 Å². The van der Waals surface area contributed by atoms with Crippen LogP contribution in [0.25, 0.3) is 0 Å². The summed E-state index contributed by atoms with van der Waals surface area (Å²) in [7, 11) is 0. The molecule has 2 N–H and O–H groups in total. The van der Waals surface area contributed by atoms with Gasteiger partial charge in [0, 0.05) is 12.1 Å². The highest BCUT2D eigenvalue weighted by molar-refractivity contribution is 5.00. The van der Waals surface area contributed by atoms with E-state index in [1.165, 1.54) is 12.8 Å². The number of piperidine rings is 1. The summed E-state index contributed by atoms with van der Waals surface area (Å²) in [4.78, 5) is 2.25. The maximum atomic E-state index is 9.67. The molecule has 0 bridgehead atoms. The molecule has 2 heterocycles. The SMILES string of the molecule is C[C@@H]1[C@@H](O)[C@@H](O)[C@H]2CCCCN12. The summed E-state index contributed by atoms with van der Waals surface area (Å²) < 4.78 is 0. The van der Waals surface area contributed by atoms with Gasteiger partial charge in [-0.05, 0) is 26.3 Å². The molecule has 2 saturated heterocycles. The second-order valence-electron chi connectivity index (χ2n) is 4.02. The van der Waals surface area contributed by atoms with Gasteiger partial charge in [0.05, 0.1) is 12.2 Å². The molecule has 2 fully saturated rings. The quantitative estimate of drug-likeness (QED) is 0.537. The van der Waals surface area contributed by atoms with E-state index in [1.807, 2.05) is 6.92 Å². The minimum atomic E-state index is -0.534. The van der Waals surface area contributed by atoms with Crippen LogP contribution in [0.3, 0.4) is 0 Å². The Morgan fingerprint density at radius 1 is 1.17 bits per heavy atom. The molecule has 0 aliphatic carbocycles. The van der Waals surface area contributed by atoms with E-state index in [0.717, 1.165) is 13.0 Å². The van der Waals surface area contributed by atoms with Crippen molar-refractivity contribution < 1.29 is 10.2 Å². The first-order chi connectivity index (χ1) is 5.72. The highest BCUT2D eigenvalue weighted by Crippen LogP contribution is 2.31. The Morgan fingerprint density at radius 3 is 2.58 bits per heavy atom. The van der Waals surface area contributed by atoms with E-state index in [2.05, 4.69) is 4.90 Å². The van der Waals surface area contributed by atoms with E-state index in [-0.39, 0.29) is 12.1 Å². The number of aliphatic hydroxyl groups excluding tert-OH is 2. The Hall–Kier alpha value is -0.120. The van der Waals surface area contributed by atoms with Gasteiger partial charge >= 0.3 is 0 Å². The molecular formula is C9H17NO2. The Labute approximate surface area is 73.0 Å². The van der Waals surface area contributed by atoms with Crippen molar-refractivity contribution in [3.8, 4) is 0 Å². The summed E-state index contributed by atoms with van der Waals surface area (Å²) in [5, 5.41) is 19.3. The van der Waals surface area contributed by atoms with E-state index in [1.54, 1.807) is 0 Å². The fourth-order valence-corrected chi connectivity index (χ4v) is 2.56. The molecule has 3 nitrogen and oxygen atoms in total. The molecule has 0 aromatic heterocycles. The van der Waals surface area contributed by atoms with Crippen LogP contribution in [0, 0.1) is 0 Å². The number of hydrogen-bond acceptors (Lipinski definition) is 3. The third-order valence-electron chi connectivity index (χ3n) is 3.35. The Morgan fingerprint density at radius 2 is 1.92 bits per heavy atom. The van der Waals surface area contributed by atoms with Crippen molar-refractivity contribution in [1.29, 1.82) is 0 Å². The number of fused-ring (bicyclic) bond motifs is 1. The number of aliphatic hydroxyl groups is 2. The van der Waals surface area contributed by atoms with E-state index in [0.29, 0.717) is 0 Å². The van der Waals surface area contributed by atoms with Gasteiger partial charge in [-0.1, -0.05) is 6.42 Å². The predicted molar refractivity (Wildman–Crippen MR) is 45.8 cm³/mol. The molecule has 0 amide bonds. The largest absolute Gasteiger partial charge is 0.389 e. The zero-order chi connectivity index (χ0) is 8.72. The molecule has 0 aromatic carbocycles. The van der Waals surface area contributed by atoms with Crippen LogP contribution in [0.15, 0.2) is 0 Å². The minimum absolute atomic E-state index is 0.144. The first-order valence-electron chi connectivity index (χ1n) is 4.83. The van der Waals surface area contributed by atoms with Crippen LogP contribution < -0.4 is 0 Å². The molecule has 2 aliphatic heterocycles. The van der Waals surface area contributed by atoms with Gasteiger partial charge in [0.25, 0.3) is 0 Å². The Balaban J connectivity index is 2.14. The molecule has 0 aromatic rings. The molecule has 0 saturated carbocycles. The molecule has 3 heteroatoms.